The normalized spacial score (nSPS) is 11.1. The first kappa shape index (κ1) is 11.8. The summed E-state index contributed by atoms with van der Waals surface area (Å²) in [5.41, 5.74) is 11.8. The molecule has 0 fully saturated rings. The maximum absolute atomic E-state index is 6.13. The molecule has 0 unspecified atom stereocenters. The van der Waals surface area contributed by atoms with Gasteiger partial charge in [0.25, 0.3) is 0 Å². The van der Waals surface area contributed by atoms with Gasteiger partial charge in [-0.25, -0.2) is 0 Å². The van der Waals surface area contributed by atoms with Gasteiger partial charge in [-0.15, -0.1) is 0 Å². The Balaban J connectivity index is 2.63. The number of hydrogen-bond acceptors (Lipinski definition) is 1. The minimum atomic E-state index is 0.490. The van der Waals surface area contributed by atoms with Gasteiger partial charge in [0.2, 0.25) is 0 Å². The van der Waals surface area contributed by atoms with Crippen LogP contribution in [-0.2, 0) is 0 Å². The molecule has 2 rings (SSSR count). The summed E-state index contributed by atoms with van der Waals surface area (Å²) in [6, 6.07) is 10.6. The summed E-state index contributed by atoms with van der Waals surface area (Å²) < 4.78 is 2.25. The fourth-order valence-corrected chi connectivity index (χ4v) is 2.22. The Bertz CT molecular complexity index is 536. The summed E-state index contributed by atoms with van der Waals surface area (Å²) in [6.07, 6.45) is 0. The van der Waals surface area contributed by atoms with Crippen molar-refractivity contribution in [3.05, 3.63) is 47.3 Å². The molecule has 2 heteroatoms. The maximum Gasteiger partial charge on any atom is 0.0685 e. The van der Waals surface area contributed by atoms with Crippen LogP contribution in [0.1, 0.15) is 36.7 Å². The molecule has 90 valence electrons. The Labute approximate surface area is 103 Å². The van der Waals surface area contributed by atoms with Crippen LogP contribution in [0, 0.1) is 13.8 Å². The van der Waals surface area contributed by atoms with Crippen molar-refractivity contribution in [3.63, 3.8) is 0 Å². The van der Waals surface area contributed by atoms with Gasteiger partial charge in [-0.05, 0) is 49.6 Å². The molecular formula is C15H20N2. The zero-order valence-corrected chi connectivity index (χ0v) is 11.0. The number of aromatic nitrogens is 1. The van der Waals surface area contributed by atoms with E-state index in [0.717, 1.165) is 11.4 Å². The first-order valence-corrected chi connectivity index (χ1v) is 6.05. The number of aryl methyl sites for hydroxylation is 2. The summed E-state index contributed by atoms with van der Waals surface area (Å²) in [7, 11) is 0. The van der Waals surface area contributed by atoms with E-state index in [0.29, 0.717) is 5.92 Å². The van der Waals surface area contributed by atoms with Crippen molar-refractivity contribution in [2.45, 2.75) is 33.6 Å². The van der Waals surface area contributed by atoms with Crippen molar-refractivity contribution < 1.29 is 0 Å². The first-order valence-electron chi connectivity index (χ1n) is 6.05. The molecule has 17 heavy (non-hydrogen) atoms. The van der Waals surface area contributed by atoms with Gasteiger partial charge in [-0.3, -0.25) is 0 Å². The standard InChI is InChI=1S/C15H20N2/c1-10(2)14-8-6-12(4)17(14)15-7-5-11(3)9-13(15)16/h5-10H,16H2,1-4H3. The number of hydrogen-bond donors (Lipinski definition) is 1. The van der Waals surface area contributed by atoms with Crippen molar-refractivity contribution >= 4 is 5.69 Å². The van der Waals surface area contributed by atoms with E-state index in [1.54, 1.807) is 0 Å². The van der Waals surface area contributed by atoms with Crippen LogP contribution in [0.2, 0.25) is 0 Å². The highest BCUT2D eigenvalue weighted by Gasteiger charge is 2.12. The van der Waals surface area contributed by atoms with E-state index in [1.165, 1.54) is 17.0 Å². The SMILES string of the molecule is Cc1ccc(-n2c(C)ccc2C(C)C)c(N)c1. The highest BCUT2D eigenvalue weighted by molar-refractivity contribution is 5.60. The van der Waals surface area contributed by atoms with Gasteiger partial charge >= 0.3 is 0 Å². The third-order valence-corrected chi connectivity index (χ3v) is 3.12. The number of rotatable bonds is 2. The van der Waals surface area contributed by atoms with Gasteiger partial charge in [0.15, 0.2) is 0 Å². The van der Waals surface area contributed by atoms with E-state index in [2.05, 4.69) is 56.5 Å². The molecule has 2 N–H and O–H groups in total. The minimum absolute atomic E-state index is 0.490. The number of nitrogens with two attached hydrogens (primary N) is 1. The second-order valence-electron chi connectivity index (χ2n) is 4.95. The van der Waals surface area contributed by atoms with Crippen LogP contribution in [0.4, 0.5) is 5.69 Å². The summed E-state index contributed by atoms with van der Waals surface area (Å²) >= 11 is 0. The number of nitrogen functional groups attached to an aromatic ring is 1. The third kappa shape index (κ3) is 2.07. The molecule has 0 atom stereocenters. The van der Waals surface area contributed by atoms with Crippen LogP contribution in [0.25, 0.3) is 5.69 Å². The fourth-order valence-electron chi connectivity index (χ4n) is 2.22. The topological polar surface area (TPSA) is 30.9 Å². The highest BCUT2D eigenvalue weighted by Crippen LogP contribution is 2.27. The smallest absolute Gasteiger partial charge is 0.0685 e. The quantitative estimate of drug-likeness (QED) is 0.779. The summed E-state index contributed by atoms with van der Waals surface area (Å²) in [6.45, 7) is 8.59. The summed E-state index contributed by atoms with van der Waals surface area (Å²) in [5, 5.41) is 0. The number of anilines is 1. The van der Waals surface area contributed by atoms with Crippen LogP contribution in [-0.4, -0.2) is 4.57 Å². The van der Waals surface area contributed by atoms with Crippen LogP contribution in [0.15, 0.2) is 30.3 Å². The van der Waals surface area contributed by atoms with E-state index in [9.17, 15) is 0 Å². The fraction of sp³-hybridized carbons (Fsp3) is 0.333. The first-order chi connectivity index (χ1) is 8.00. The van der Waals surface area contributed by atoms with Gasteiger partial charge in [0.05, 0.1) is 11.4 Å². The molecule has 0 aliphatic carbocycles. The van der Waals surface area contributed by atoms with Crippen molar-refractivity contribution in [3.8, 4) is 5.69 Å². The molecule has 0 aliphatic rings. The van der Waals surface area contributed by atoms with Crippen molar-refractivity contribution in [2.75, 3.05) is 5.73 Å². The zero-order valence-electron chi connectivity index (χ0n) is 11.0. The van der Waals surface area contributed by atoms with Crippen molar-refractivity contribution in [1.29, 1.82) is 0 Å². The Kier molecular flexibility index (Phi) is 2.97. The molecule has 2 nitrogen and oxygen atoms in total. The molecule has 0 amide bonds. The lowest BCUT2D eigenvalue weighted by atomic mass is 10.1. The van der Waals surface area contributed by atoms with Crippen LogP contribution >= 0.6 is 0 Å². The molecule has 2 aromatic rings. The lowest BCUT2D eigenvalue weighted by Gasteiger charge is -2.16. The molecule has 0 radical (unpaired) electrons. The largest absolute Gasteiger partial charge is 0.397 e. The van der Waals surface area contributed by atoms with Gasteiger partial charge < -0.3 is 10.3 Å². The molecule has 1 aromatic carbocycles. The predicted molar refractivity (Wildman–Crippen MR) is 73.7 cm³/mol. The van der Waals surface area contributed by atoms with Crippen LogP contribution in [0.5, 0.6) is 0 Å². The van der Waals surface area contributed by atoms with Crippen molar-refractivity contribution in [2.24, 2.45) is 0 Å². The third-order valence-electron chi connectivity index (χ3n) is 3.12. The summed E-state index contributed by atoms with van der Waals surface area (Å²) in [5.74, 6) is 0.490. The van der Waals surface area contributed by atoms with Crippen LogP contribution < -0.4 is 5.73 Å². The Morgan fingerprint density at radius 1 is 1.06 bits per heavy atom. The van der Waals surface area contributed by atoms with Crippen molar-refractivity contribution in [1.82, 2.24) is 4.57 Å². The van der Waals surface area contributed by atoms with E-state index in [1.807, 2.05) is 6.07 Å². The molecular weight excluding hydrogens is 208 g/mol. The lowest BCUT2D eigenvalue weighted by molar-refractivity contribution is 0.778. The Morgan fingerprint density at radius 2 is 1.76 bits per heavy atom. The number of benzene rings is 1. The van der Waals surface area contributed by atoms with Crippen LogP contribution in [0.3, 0.4) is 0 Å². The Morgan fingerprint density at radius 3 is 2.35 bits per heavy atom. The lowest BCUT2D eigenvalue weighted by Crippen LogP contribution is -2.06. The van der Waals surface area contributed by atoms with E-state index < -0.39 is 0 Å². The van der Waals surface area contributed by atoms with Gasteiger partial charge in [-0.1, -0.05) is 19.9 Å². The molecule has 0 bridgehead atoms. The highest BCUT2D eigenvalue weighted by atomic mass is 15.0. The maximum atomic E-state index is 6.13. The molecule has 0 spiro atoms. The van der Waals surface area contributed by atoms with Gasteiger partial charge in [0.1, 0.15) is 0 Å². The second kappa shape index (κ2) is 4.28. The molecule has 0 saturated carbocycles. The summed E-state index contributed by atoms with van der Waals surface area (Å²) in [4.78, 5) is 0. The van der Waals surface area contributed by atoms with Gasteiger partial charge in [-0.2, -0.15) is 0 Å². The van der Waals surface area contributed by atoms with E-state index in [-0.39, 0.29) is 0 Å². The Hall–Kier alpha value is -1.70. The zero-order chi connectivity index (χ0) is 12.6. The molecule has 1 aromatic heterocycles. The average Bonchev–Trinajstić information content (AvgIpc) is 2.60. The second-order valence-corrected chi connectivity index (χ2v) is 4.95. The predicted octanol–water partition coefficient (Wildman–Crippen LogP) is 3.80. The number of nitrogens with zero attached hydrogens (tertiary/aromatic N) is 1. The monoisotopic (exact) mass is 228 g/mol. The van der Waals surface area contributed by atoms with Gasteiger partial charge in [0, 0.05) is 11.4 Å². The molecule has 0 saturated heterocycles. The molecule has 1 heterocycles. The van der Waals surface area contributed by atoms with E-state index in [4.69, 9.17) is 5.73 Å². The average molecular weight is 228 g/mol. The van der Waals surface area contributed by atoms with E-state index >= 15 is 0 Å². The minimum Gasteiger partial charge on any atom is -0.397 e. The molecule has 0 aliphatic heterocycles.